The number of ether oxygens (including phenoxy) is 1. The minimum atomic E-state index is 0.321. The van der Waals surface area contributed by atoms with Crippen molar-refractivity contribution in [3.05, 3.63) is 22.8 Å². The lowest BCUT2D eigenvalue weighted by Gasteiger charge is -2.13. The van der Waals surface area contributed by atoms with E-state index < -0.39 is 0 Å². The molecule has 0 saturated carbocycles. The summed E-state index contributed by atoms with van der Waals surface area (Å²) in [7, 11) is 0. The van der Waals surface area contributed by atoms with Gasteiger partial charge >= 0.3 is 0 Å². The van der Waals surface area contributed by atoms with E-state index in [1.54, 1.807) is 4.52 Å². The molecule has 1 aliphatic rings. The molecule has 0 bridgehead atoms. The molecular formula is C12H15BrN4O. The van der Waals surface area contributed by atoms with Crippen LogP contribution in [0.5, 0.6) is 0 Å². The summed E-state index contributed by atoms with van der Waals surface area (Å²) in [4.78, 5) is 4.45. The molecule has 2 aromatic heterocycles. The van der Waals surface area contributed by atoms with Crippen molar-refractivity contribution in [2.75, 3.05) is 18.5 Å². The van der Waals surface area contributed by atoms with Gasteiger partial charge in [-0.1, -0.05) is 0 Å². The zero-order valence-corrected chi connectivity index (χ0v) is 11.7. The molecule has 1 fully saturated rings. The van der Waals surface area contributed by atoms with Crippen LogP contribution in [0.3, 0.4) is 0 Å². The molecule has 2 atom stereocenters. The number of nitrogens with one attached hydrogen (secondary N) is 1. The molecule has 1 saturated heterocycles. The monoisotopic (exact) mass is 310 g/mol. The van der Waals surface area contributed by atoms with Gasteiger partial charge in [-0.2, -0.15) is 4.98 Å². The van der Waals surface area contributed by atoms with Gasteiger partial charge in [0, 0.05) is 25.3 Å². The zero-order chi connectivity index (χ0) is 12.5. The van der Waals surface area contributed by atoms with Gasteiger partial charge in [0.25, 0.3) is 0 Å². The van der Waals surface area contributed by atoms with Gasteiger partial charge in [-0.25, -0.2) is 4.52 Å². The highest BCUT2D eigenvalue weighted by Crippen LogP contribution is 2.21. The number of nitrogens with zero attached hydrogens (tertiary/aromatic N) is 3. The van der Waals surface area contributed by atoms with Crippen molar-refractivity contribution in [3.63, 3.8) is 0 Å². The number of halogens is 1. The topological polar surface area (TPSA) is 51.5 Å². The SMILES string of the molecule is CC1OCCC1CNc1nc2c(Br)cccn2n1. The van der Waals surface area contributed by atoms with Crippen LogP contribution in [-0.4, -0.2) is 33.9 Å². The second-order valence-corrected chi connectivity index (χ2v) is 5.42. The molecule has 2 unspecified atom stereocenters. The average Bonchev–Trinajstić information content (AvgIpc) is 2.93. The number of hydrogen-bond acceptors (Lipinski definition) is 4. The largest absolute Gasteiger partial charge is 0.378 e. The fourth-order valence-corrected chi connectivity index (χ4v) is 2.64. The Balaban J connectivity index is 1.73. The lowest BCUT2D eigenvalue weighted by Crippen LogP contribution is -2.21. The first-order chi connectivity index (χ1) is 8.74. The van der Waals surface area contributed by atoms with E-state index in [-0.39, 0.29) is 0 Å². The number of pyridine rings is 1. The van der Waals surface area contributed by atoms with E-state index in [0.29, 0.717) is 18.0 Å². The first-order valence-electron chi connectivity index (χ1n) is 6.10. The van der Waals surface area contributed by atoms with E-state index in [1.807, 2.05) is 18.3 Å². The van der Waals surface area contributed by atoms with Gasteiger partial charge in [0.1, 0.15) is 0 Å². The number of fused-ring (bicyclic) bond motifs is 1. The maximum atomic E-state index is 5.54. The number of anilines is 1. The van der Waals surface area contributed by atoms with Crippen LogP contribution in [0.4, 0.5) is 5.95 Å². The summed E-state index contributed by atoms with van der Waals surface area (Å²) in [5, 5.41) is 7.67. The maximum absolute atomic E-state index is 5.54. The number of rotatable bonds is 3. The average molecular weight is 311 g/mol. The smallest absolute Gasteiger partial charge is 0.243 e. The minimum Gasteiger partial charge on any atom is -0.378 e. The number of aromatic nitrogens is 3. The van der Waals surface area contributed by atoms with Gasteiger partial charge in [-0.3, -0.25) is 0 Å². The van der Waals surface area contributed by atoms with Gasteiger partial charge < -0.3 is 10.1 Å². The summed E-state index contributed by atoms with van der Waals surface area (Å²) in [6, 6.07) is 3.89. The normalized spacial score (nSPS) is 23.7. The quantitative estimate of drug-likeness (QED) is 0.945. The van der Waals surface area contributed by atoms with Gasteiger partial charge in [-0.15, -0.1) is 5.10 Å². The Kier molecular flexibility index (Phi) is 3.22. The third kappa shape index (κ3) is 2.22. The van der Waals surface area contributed by atoms with Gasteiger partial charge in [0.05, 0.1) is 10.6 Å². The van der Waals surface area contributed by atoms with Crippen LogP contribution < -0.4 is 5.32 Å². The van der Waals surface area contributed by atoms with Crippen LogP contribution in [-0.2, 0) is 4.74 Å². The highest BCUT2D eigenvalue weighted by Gasteiger charge is 2.24. The molecule has 2 aromatic rings. The second-order valence-electron chi connectivity index (χ2n) is 4.57. The number of hydrogen-bond donors (Lipinski definition) is 1. The highest BCUT2D eigenvalue weighted by molar-refractivity contribution is 9.10. The van der Waals surface area contributed by atoms with Gasteiger partial charge in [-0.05, 0) is 41.4 Å². The molecule has 6 heteroatoms. The van der Waals surface area contributed by atoms with E-state index in [9.17, 15) is 0 Å². The molecule has 1 aliphatic heterocycles. The summed E-state index contributed by atoms with van der Waals surface area (Å²) in [6.07, 6.45) is 3.31. The Bertz CT molecular complexity index is 556. The van der Waals surface area contributed by atoms with Crippen molar-refractivity contribution in [2.45, 2.75) is 19.4 Å². The van der Waals surface area contributed by atoms with E-state index in [1.165, 1.54) is 0 Å². The standard InChI is InChI=1S/C12H15BrN4O/c1-8-9(4-6-18-8)7-14-12-15-11-10(13)3-2-5-17(11)16-12/h2-3,5,8-9H,4,6-7H2,1H3,(H,14,16). The van der Waals surface area contributed by atoms with Crippen LogP contribution >= 0.6 is 15.9 Å². The van der Waals surface area contributed by atoms with Crippen LogP contribution in [0.2, 0.25) is 0 Å². The van der Waals surface area contributed by atoms with E-state index in [4.69, 9.17) is 4.74 Å². The third-order valence-corrected chi connectivity index (χ3v) is 3.99. The molecule has 3 heterocycles. The highest BCUT2D eigenvalue weighted by atomic mass is 79.9. The lowest BCUT2D eigenvalue weighted by molar-refractivity contribution is 0.108. The second kappa shape index (κ2) is 4.85. The van der Waals surface area contributed by atoms with E-state index in [2.05, 4.69) is 38.3 Å². The molecule has 0 amide bonds. The van der Waals surface area contributed by atoms with Gasteiger partial charge in [0.2, 0.25) is 5.95 Å². The maximum Gasteiger partial charge on any atom is 0.243 e. The first kappa shape index (κ1) is 11.9. The molecule has 18 heavy (non-hydrogen) atoms. The fourth-order valence-electron chi connectivity index (χ4n) is 2.22. The van der Waals surface area contributed by atoms with Crippen molar-refractivity contribution in [3.8, 4) is 0 Å². The van der Waals surface area contributed by atoms with Crippen molar-refractivity contribution in [1.29, 1.82) is 0 Å². The van der Waals surface area contributed by atoms with E-state index in [0.717, 1.165) is 29.7 Å². The summed E-state index contributed by atoms with van der Waals surface area (Å²) < 4.78 is 8.25. The molecule has 96 valence electrons. The summed E-state index contributed by atoms with van der Waals surface area (Å²) in [6.45, 7) is 3.83. The molecule has 3 rings (SSSR count). The lowest BCUT2D eigenvalue weighted by atomic mass is 10.0. The zero-order valence-electron chi connectivity index (χ0n) is 10.1. The molecule has 0 spiro atoms. The Hall–Kier alpha value is -1.14. The predicted octanol–water partition coefficient (Wildman–Crippen LogP) is 2.33. The van der Waals surface area contributed by atoms with Crippen molar-refractivity contribution < 1.29 is 4.74 Å². The first-order valence-corrected chi connectivity index (χ1v) is 6.90. The van der Waals surface area contributed by atoms with Crippen LogP contribution in [0, 0.1) is 5.92 Å². The summed E-state index contributed by atoms with van der Waals surface area (Å²) in [5.41, 5.74) is 0.829. The van der Waals surface area contributed by atoms with Crippen LogP contribution in [0.1, 0.15) is 13.3 Å². The predicted molar refractivity (Wildman–Crippen MR) is 72.7 cm³/mol. The Morgan fingerprint density at radius 2 is 2.50 bits per heavy atom. The van der Waals surface area contributed by atoms with Gasteiger partial charge in [0.15, 0.2) is 5.65 Å². The van der Waals surface area contributed by atoms with Crippen molar-refractivity contribution in [1.82, 2.24) is 14.6 Å². The van der Waals surface area contributed by atoms with Crippen LogP contribution in [0.15, 0.2) is 22.8 Å². The molecular weight excluding hydrogens is 296 g/mol. The van der Waals surface area contributed by atoms with Crippen LogP contribution in [0.25, 0.3) is 5.65 Å². The molecule has 0 aromatic carbocycles. The fraction of sp³-hybridized carbons (Fsp3) is 0.500. The van der Waals surface area contributed by atoms with Crippen molar-refractivity contribution in [2.24, 2.45) is 5.92 Å². The van der Waals surface area contributed by atoms with E-state index >= 15 is 0 Å². The summed E-state index contributed by atoms with van der Waals surface area (Å²) in [5.74, 6) is 1.21. The Morgan fingerprint density at radius 1 is 1.61 bits per heavy atom. The molecule has 5 nitrogen and oxygen atoms in total. The molecule has 1 N–H and O–H groups in total. The summed E-state index contributed by atoms with van der Waals surface area (Å²) >= 11 is 3.47. The van der Waals surface area contributed by atoms with Crippen molar-refractivity contribution >= 4 is 27.5 Å². The third-order valence-electron chi connectivity index (χ3n) is 3.37. The molecule has 0 aliphatic carbocycles. The minimum absolute atomic E-state index is 0.321. The Morgan fingerprint density at radius 3 is 3.22 bits per heavy atom. The Labute approximate surface area is 114 Å². The molecule has 0 radical (unpaired) electrons.